The van der Waals surface area contributed by atoms with Gasteiger partial charge < -0.3 is 64.0 Å². The van der Waals surface area contributed by atoms with Crippen LogP contribution in [0, 0.1) is 0 Å². The number of alkyl carbamates (subject to hydrolysis) is 1. The minimum atomic E-state index is -1.64. The van der Waals surface area contributed by atoms with E-state index in [2.05, 4.69) is 5.32 Å². The van der Waals surface area contributed by atoms with E-state index in [4.69, 9.17) is 33.2 Å². The van der Waals surface area contributed by atoms with Gasteiger partial charge in [0.15, 0.2) is 12.6 Å². The van der Waals surface area contributed by atoms with Crippen molar-refractivity contribution in [2.75, 3.05) is 26.9 Å². The Morgan fingerprint density at radius 1 is 0.907 bits per heavy atom. The minimum absolute atomic E-state index is 0.0793. The molecule has 2 saturated heterocycles. The number of amides is 1. The second-order valence-corrected chi connectivity index (χ2v) is 11.8. The molecule has 0 radical (unpaired) electrons. The molecule has 0 aromatic heterocycles. The molecule has 2 heterocycles. The van der Waals surface area contributed by atoms with Crippen molar-refractivity contribution in [3.63, 3.8) is 0 Å². The van der Waals surface area contributed by atoms with Gasteiger partial charge in [-0.15, -0.1) is 0 Å². The van der Waals surface area contributed by atoms with Gasteiger partial charge in [0, 0.05) is 20.1 Å². The molecule has 0 spiro atoms. The van der Waals surface area contributed by atoms with Crippen LogP contribution in [0.1, 0.15) is 66.7 Å². The molecule has 2 rings (SSSR count). The number of methoxy groups -OCH3 is 1. The van der Waals surface area contributed by atoms with Crippen LogP contribution in [0.25, 0.3) is 0 Å². The molecule has 0 aromatic rings. The fraction of sp³-hybridized carbons (Fsp3) is 0.929. The van der Waals surface area contributed by atoms with E-state index >= 15 is 0 Å². The molecular weight excluding hydrogens is 574 g/mol. The number of carbonyl (C=O) groups is 2. The number of hydrogen-bond acceptors (Lipinski definition) is 14. The Morgan fingerprint density at radius 3 is 2.14 bits per heavy atom. The second kappa shape index (κ2) is 17.7. The molecule has 252 valence electrons. The Hall–Kier alpha value is -1.66. The van der Waals surface area contributed by atoms with Crippen molar-refractivity contribution in [1.82, 2.24) is 5.32 Å². The van der Waals surface area contributed by atoms with E-state index in [0.29, 0.717) is 32.2 Å². The van der Waals surface area contributed by atoms with E-state index < -0.39 is 85.7 Å². The molecular formula is C28H51NO14. The number of hydrogen-bond donors (Lipinski definition) is 6. The minimum Gasteiger partial charge on any atom is -0.463 e. The largest absolute Gasteiger partial charge is 0.463 e. The van der Waals surface area contributed by atoms with E-state index in [-0.39, 0.29) is 19.1 Å². The SMILES string of the molecule is CCC(C)OC1OC(COC(=O)CCCCCNC(=O)OC(C)(C)C)C(OC2OC(CO)C(OC)C(O)C2O)C(O)C1O. The lowest BCUT2D eigenvalue weighted by atomic mass is 9.97. The molecule has 15 heteroatoms. The third kappa shape index (κ3) is 11.7. The molecule has 43 heavy (non-hydrogen) atoms. The molecule has 15 nitrogen and oxygen atoms in total. The zero-order chi connectivity index (χ0) is 32.3. The fourth-order valence-electron chi connectivity index (χ4n) is 4.58. The Balaban J connectivity index is 1.97. The zero-order valence-corrected chi connectivity index (χ0v) is 25.9. The summed E-state index contributed by atoms with van der Waals surface area (Å²) in [6, 6.07) is 0. The summed E-state index contributed by atoms with van der Waals surface area (Å²) in [6.45, 7) is 8.39. The molecule has 11 atom stereocenters. The molecule has 11 unspecified atom stereocenters. The predicted octanol–water partition coefficient (Wildman–Crippen LogP) is -0.284. The van der Waals surface area contributed by atoms with Crippen LogP contribution in [0.15, 0.2) is 0 Å². The van der Waals surface area contributed by atoms with Gasteiger partial charge in [0.25, 0.3) is 0 Å². The molecule has 2 aliphatic rings. The predicted molar refractivity (Wildman–Crippen MR) is 149 cm³/mol. The van der Waals surface area contributed by atoms with Crippen molar-refractivity contribution in [1.29, 1.82) is 0 Å². The van der Waals surface area contributed by atoms with E-state index in [1.807, 2.05) is 6.92 Å². The smallest absolute Gasteiger partial charge is 0.407 e. The van der Waals surface area contributed by atoms with Crippen molar-refractivity contribution in [2.24, 2.45) is 0 Å². The summed E-state index contributed by atoms with van der Waals surface area (Å²) in [5.41, 5.74) is -0.589. The van der Waals surface area contributed by atoms with Crippen molar-refractivity contribution in [3.05, 3.63) is 0 Å². The van der Waals surface area contributed by atoms with Gasteiger partial charge in [0.2, 0.25) is 0 Å². The van der Waals surface area contributed by atoms with Crippen LogP contribution in [-0.2, 0) is 38.0 Å². The molecule has 0 bridgehead atoms. The van der Waals surface area contributed by atoms with Gasteiger partial charge in [-0.05, 0) is 47.0 Å². The number of rotatable bonds is 15. The first-order valence-corrected chi connectivity index (χ1v) is 14.8. The van der Waals surface area contributed by atoms with Gasteiger partial charge in [-0.3, -0.25) is 4.79 Å². The van der Waals surface area contributed by atoms with Gasteiger partial charge in [-0.2, -0.15) is 0 Å². The lowest BCUT2D eigenvalue weighted by Gasteiger charge is -2.46. The summed E-state index contributed by atoms with van der Waals surface area (Å²) in [6.07, 6.45) is -12.2. The summed E-state index contributed by atoms with van der Waals surface area (Å²) in [4.78, 5) is 24.2. The summed E-state index contributed by atoms with van der Waals surface area (Å²) < 4.78 is 38.6. The quantitative estimate of drug-likeness (QED) is 0.102. The number of unbranched alkanes of at least 4 members (excludes halogenated alkanes) is 2. The zero-order valence-electron chi connectivity index (χ0n) is 25.9. The average Bonchev–Trinajstić information content (AvgIpc) is 2.94. The lowest BCUT2D eigenvalue weighted by Crippen LogP contribution is -2.65. The van der Waals surface area contributed by atoms with E-state index in [1.165, 1.54) is 7.11 Å². The van der Waals surface area contributed by atoms with Crippen molar-refractivity contribution >= 4 is 12.1 Å². The Labute approximate surface area is 252 Å². The molecule has 1 amide bonds. The topological polar surface area (TPSA) is 212 Å². The number of esters is 1. The molecule has 6 N–H and O–H groups in total. The summed E-state index contributed by atoms with van der Waals surface area (Å²) in [5.74, 6) is -0.546. The van der Waals surface area contributed by atoms with Gasteiger partial charge in [0.05, 0.1) is 12.7 Å². The van der Waals surface area contributed by atoms with Crippen LogP contribution >= 0.6 is 0 Å². The van der Waals surface area contributed by atoms with Crippen LogP contribution in [0.3, 0.4) is 0 Å². The maximum atomic E-state index is 12.5. The van der Waals surface area contributed by atoms with Gasteiger partial charge in [0.1, 0.15) is 61.0 Å². The first kappa shape index (κ1) is 37.5. The van der Waals surface area contributed by atoms with Gasteiger partial charge >= 0.3 is 12.1 Å². The number of nitrogens with one attached hydrogen (secondary N) is 1. The van der Waals surface area contributed by atoms with Crippen molar-refractivity contribution < 1.29 is 68.3 Å². The average molecular weight is 626 g/mol. The number of ether oxygens (including phenoxy) is 7. The number of aliphatic hydroxyl groups is 5. The molecule has 0 aliphatic carbocycles. The van der Waals surface area contributed by atoms with Gasteiger partial charge in [-0.25, -0.2) is 4.79 Å². The fourth-order valence-corrected chi connectivity index (χ4v) is 4.58. The highest BCUT2D eigenvalue weighted by Crippen LogP contribution is 2.31. The van der Waals surface area contributed by atoms with Crippen LogP contribution in [-0.4, -0.2) is 138 Å². The maximum Gasteiger partial charge on any atom is 0.407 e. The van der Waals surface area contributed by atoms with Crippen LogP contribution in [0.2, 0.25) is 0 Å². The highest BCUT2D eigenvalue weighted by atomic mass is 16.7. The Bertz CT molecular complexity index is 839. The highest BCUT2D eigenvalue weighted by Gasteiger charge is 2.51. The summed E-state index contributed by atoms with van der Waals surface area (Å²) in [7, 11) is 1.28. The molecule has 0 saturated carbocycles. The van der Waals surface area contributed by atoms with Crippen LogP contribution in [0.4, 0.5) is 4.79 Å². The molecule has 0 aromatic carbocycles. The van der Waals surface area contributed by atoms with E-state index in [9.17, 15) is 35.1 Å². The molecule has 2 aliphatic heterocycles. The Morgan fingerprint density at radius 2 is 1.53 bits per heavy atom. The van der Waals surface area contributed by atoms with Crippen LogP contribution in [0.5, 0.6) is 0 Å². The maximum absolute atomic E-state index is 12.5. The van der Waals surface area contributed by atoms with Gasteiger partial charge in [-0.1, -0.05) is 13.3 Å². The third-order valence-electron chi connectivity index (χ3n) is 7.10. The highest BCUT2D eigenvalue weighted by molar-refractivity contribution is 5.69. The van der Waals surface area contributed by atoms with E-state index in [1.54, 1.807) is 27.7 Å². The monoisotopic (exact) mass is 625 g/mol. The first-order chi connectivity index (χ1) is 20.2. The normalized spacial score (nSPS) is 33.9. The second-order valence-electron chi connectivity index (χ2n) is 11.8. The standard InChI is InChI=1S/C28H51NO14/c1-7-15(2)39-25-22(35)20(33)24(42-26-21(34)19(32)23(37-6)16(13-30)40-26)17(41-25)14-38-18(31)11-9-8-10-12-29-27(36)43-28(3,4)5/h15-17,19-26,30,32-35H,7-14H2,1-6H3,(H,29,36). The van der Waals surface area contributed by atoms with Crippen molar-refractivity contribution in [3.8, 4) is 0 Å². The van der Waals surface area contributed by atoms with Crippen molar-refractivity contribution in [2.45, 2.75) is 140 Å². The first-order valence-electron chi connectivity index (χ1n) is 14.8. The summed E-state index contributed by atoms with van der Waals surface area (Å²) >= 11 is 0. The lowest BCUT2D eigenvalue weighted by molar-refractivity contribution is -0.363. The number of aliphatic hydroxyl groups excluding tert-OH is 5. The summed E-state index contributed by atoms with van der Waals surface area (Å²) in [5, 5.41) is 55.1. The third-order valence-corrected chi connectivity index (χ3v) is 7.10. The molecule has 2 fully saturated rings. The number of carbonyl (C=O) groups excluding carboxylic acids is 2. The Kier molecular flexibility index (Phi) is 15.5. The van der Waals surface area contributed by atoms with E-state index in [0.717, 1.165) is 0 Å². The van der Waals surface area contributed by atoms with Crippen LogP contribution < -0.4 is 5.32 Å².